The molecular weight excluding hydrogens is 513 g/mol. The maximum atomic E-state index is 15.3. The summed E-state index contributed by atoms with van der Waals surface area (Å²) >= 11 is 0. The summed E-state index contributed by atoms with van der Waals surface area (Å²) < 4.78 is 44.9. The molecule has 2 aliphatic rings. The van der Waals surface area contributed by atoms with Crippen LogP contribution in [0.1, 0.15) is 102 Å². The molecule has 0 radical (unpaired) electrons. The first-order valence-corrected chi connectivity index (χ1v) is 16.0. The zero-order valence-corrected chi connectivity index (χ0v) is 24.8. The van der Waals surface area contributed by atoms with Crippen molar-refractivity contribution >= 4 is 5.57 Å². The highest BCUT2D eigenvalue weighted by Gasteiger charge is 2.29. The molecule has 1 fully saturated rings. The minimum absolute atomic E-state index is 0.192. The van der Waals surface area contributed by atoms with Crippen LogP contribution in [0.5, 0.6) is 0 Å². The van der Waals surface area contributed by atoms with E-state index in [9.17, 15) is 8.78 Å². The summed E-state index contributed by atoms with van der Waals surface area (Å²) in [6, 6.07) is 16.1. The van der Waals surface area contributed by atoms with Gasteiger partial charge in [-0.25, -0.2) is 13.2 Å². The Labute approximate surface area is 245 Å². The molecule has 5 rings (SSSR count). The fourth-order valence-corrected chi connectivity index (χ4v) is 7.25. The van der Waals surface area contributed by atoms with Gasteiger partial charge in [-0.05, 0) is 96.6 Å². The highest BCUT2D eigenvalue weighted by atomic mass is 19.2. The first-order chi connectivity index (χ1) is 20.0. The van der Waals surface area contributed by atoms with Crippen molar-refractivity contribution in [3.63, 3.8) is 0 Å². The molecule has 0 aliphatic heterocycles. The lowest BCUT2D eigenvalue weighted by molar-refractivity contribution is 0.189. The Morgan fingerprint density at radius 1 is 0.659 bits per heavy atom. The summed E-state index contributed by atoms with van der Waals surface area (Å²) in [7, 11) is 0. The van der Waals surface area contributed by atoms with Gasteiger partial charge >= 0.3 is 0 Å². The zero-order chi connectivity index (χ0) is 28.8. The topological polar surface area (TPSA) is 0 Å². The van der Waals surface area contributed by atoms with Crippen molar-refractivity contribution < 1.29 is 13.2 Å². The second-order valence-corrected chi connectivity index (χ2v) is 12.5. The summed E-state index contributed by atoms with van der Waals surface area (Å²) in [4.78, 5) is 0. The molecule has 0 nitrogen and oxygen atoms in total. The lowest BCUT2D eigenvalue weighted by Gasteiger charge is -2.35. The molecule has 3 heteroatoms. The number of halogens is 3. The maximum Gasteiger partial charge on any atom is 0.166 e. The van der Waals surface area contributed by atoms with Crippen LogP contribution in [0, 0.1) is 35.2 Å². The van der Waals surface area contributed by atoms with Gasteiger partial charge in [0.15, 0.2) is 11.6 Å². The van der Waals surface area contributed by atoms with Gasteiger partial charge in [-0.15, -0.1) is 0 Å². The molecule has 0 amide bonds. The van der Waals surface area contributed by atoms with Crippen molar-refractivity contribution in [2.24, 2.45) is 17.8 Å². The maximum absolute atomic E-state index is 15.3. The van der Waals surface area contributed by atoms with Crippen molar-refractivity contribution in [2.45, 2.75) is 97.3 Å². The second-order valence-electron chi connectivity index (χ2n) is 12.5. The summed E-state index contributed by atoms with van der Waals surface area (Å²) in [6.45, 7) is 4.39. The van der Waals surface area contributed by atoms with Gasteiger partial charge in [-0.3, -0.25) is 0 Å². The van der Waals surface area contributed by atoms with Gasteiger partial charge in [0.1, 0.15) is 5.82 Å². The van der Waals surface area contributed by atoms with E-state index in [2.05, 4.69) is 19.9 Å². The normalized spacial score (nSPS) is 21.1. The van der Waals surface area contributed by atoms with E-state index in [0.717, 1.165) is 73.0 Å². The van der Waals surface area contributed by atoms with Crippen LogP contribution in [0.15, 0.2) is 60.7 Å². The Balaban J connectivity index is 1.23. The monoisotopic (exact) mass is 558 g/mol. The Hall–Kier alpha value is -2.81. The summed E-state index contributed by atoms with van der Waals surface area (Å²) in [5.74, 6) is 0.786. The molecule has 1 atom stereocenters. The van der Waals surface area contributed by atoms with E-state index in [1.807, 2.05) is 24.3 Å². The standard InChI is InChI=1S/C38H45F3/c1-3-5-6-8-32-21-24-35(38(41)37(32)40)31-19-15-29(16-20-31)33-22-23-34(36(39)25-33)30-17-13-28(14-18-30)27-11-9-26(7-4-2)10-12-27/h15-17,19-28H,3-14,18H2,1-2H3. The van der Waals surface area contributed by atoms with E-state index in [1.54, 1.807) is 30.3 Å². The van der Waals surface area contributed by atoms with Crippen LogP contribution < -0.4 is 0 Å². The van der Waals surface area contributed by atoms with Gasteiger partial charge in [-0.2, -0.15) is 0 Å². The number of benzene rings is 3. The van der Waals surface area contributed by atoms with Crippen LogP contribution in [0.25, 0.3) is 27.8 Å². The number of hydrogen-bond donors (Lipinski definition) is 0. The molecule has 2 aliphatic carbocycles. The Kier molecular flexibility index (Phi) is 10.1. The van der Waals surface area contributed by atoms with Crippen molar-refractivity contribution in [3.05, 3.63) is 89.3 Å². The predicted molar refractivity (Wildman–Crippen MR) is 166 cm³/mol. The molecule has 0 spiro atoms. The van der Waals surface area contributed by atoms with Crippen molar-refractivity contribution in [2.75, 3.05) is 0 Å². The number of aryl methyl sites for hydroxylation is 1. The van der Waals surface area contributed by atoms with Gasteiger partial charge in [0.05, 0.1) is 0 Å². The van der Waals surface area contributed by atoms with Crippen LogP contribution in [-0.4, -0.2) is 0 Å². The number of rotatable bonds is 10. The molecule has 3 aromatic rings. The summed E-state index contributed by atoms with van der Waals surface area (Å²) in [6.07, 6.45) is 17.1. The third kappa shape index (κ3) is 6.99. The predicted octanol–water partition coefficient (Wildman–Crippen LogP) is 12.0. The molecule has 0 aromatic heterocycles. The zero-order valence-electron chi connectivity index (χ0n) is 24.8. The molecule has 0 bridgehead atoms. The lowest BCUT2D eigenvalue weighted by atomic mass is 9.70. The molecule has 0 heterocycles. The van der Waals surface area contributed by atoms with Crippen molar-refractivity contribution in [1.82, 2.24) is 0 Å². The van der Waals surface area contributed by atoms with E-state index in [0.29, 0.717) is 23.1 Å². The molecule has 218 valence electrons. The third-order valence-electron chi connectivity index (χ3n) is 9.76. The molecule has 1 saturated carbocycles. The van der Waals surface area contributed by atoms with Crippen molar-refractivity contribution in [1.29, 1.82) is 0 Å². The van der Waals surface area contributed by atoms with Crippen LogP contribution in [0.3, 0.4) is 0 Å². The van der Waals surface area contributed by atoms with Crippen LogP contribution in [-0.2, 0) is 6.42 Å². The Morgan fingerprint density at radius 3 is 2.02 bits per heavy atom. The fourth-order valence-electron chi connectivity index (χ4n) is 7.25. The van der Waals surface area contributed by atoms with E-state index >= 15 is 4.39 Å². The fraction of sp³-hybridized carbons (Fsp3) is 0.474. The molecular formula is C38H45F3. The lowest BCUT2D eigenvalue weighted by Crippen LogP contribution is -2.23. The smallest absolute Gasteiger partial charge is 0.166 e. The Bertz CT molecular complexity index is 1330. The van der Waals surface area contributed by atoms with E-state index < -0.39 is 11.6 Å². The van der Waals surface area contributed by atoms with Gasteiger partial charge in [0.2, 0.25) is 0 Å². The average Bonchev–Trinajstić information content (AvgIpc) is 3.00. The Morgan fingerprint density at radius 2 is 1.37 bits per heavy atom. The molecule has 41 heavy (non-hydrogen) atoms. The van der Waals surface area contributed by atoms with E-state index in [1.165, 1.54) is 38.5 Å². The van der Waals surface area contributed by atoms with Crippen LogP contribution in [0.4, 0.5) is 13.2 Å². The van der Waals surface area contributed by atoms with Gasteiger partial charge in [0, 0.05) is 11.1 Å². The first kappa shape index (κ1) is 29.7. The van der Waals surface area contributed by atoms with E-state index in [-0.39, 0.29) is 11.4 Å². The highest BCUT2D eigenvalue weighted by molar-refractivity contribution is 5.74. The first-order valence-electron chi connectivity index (χ1n) is 16.0. The SMILES string of the molecule is CCCCCc1ccc(-c2ccc(-c3ccc(C4=CCC(C5CCC(CCC)CC5)CC4)c(F)c3)cc2)c(F)c1F. The molecule has 0 saturated heterocycles. The quantitative estimate of drug-likeness (QED) is 0.217. The van der Waals surface area contributed by atoms with Crippen LogP contribution >= 0.6 is 0 Å². The van der Waals surface area contributed by atoms with Crippen LogP contribution in [0.2, 0.25) is 0 Å². The third-order valence-corrected chi connectivity index (χ3v) is 9.76. The molecule has 3 aromatic carbocycles. The van der Waals surface area contributed by atoms with Gasteiger partial charge in [0.25, 0.3) is 0 Å². The summed E-state index contributed by atoms with van der Waals surface area (Å²) in [5, 5.41) is 0. The number of allylic oxidation sites excluding steroid dienone is 2. The minimum Gasteiger partial charge on any atom is -0.206 e. The second kappa shape index (κ2) is 13.9. The van der Waals surface area contributed by atoms with Gasteiger partial charge < -0.3 is 0 Å². The average molecular weight is 559 g/mol. The number of hydrogen-bond acceptors (Lipinski definition) is 0. The van der Waals surface area contributed by atoms with Crippen molar-refractivity contribution in [3.8, 4) is 22.3 Å². The largest absolute Gasteiger partial charge is 0.206 e. The molecule has 1 unspecified atom stereocenters. The summed E-state index contributed by atoms with van der Waals surface area (Å²) in [5.41, 5.74) is 4.80. The van der Waals surface area contributed by atoms with E-state index in [4.69, 9.17) is 0 Å². The minimum atomic E-state index is -0.797. The molecule has 0 N–H and O–H groups in total. The highest BCUT2D eigenvalue weighted by Crippen LogP contribution is 2.42. The van der Waals surface area contributed by atoms with Gasteiger partial charge in [-0.1, -0.05) is 107 Å². The number of unbranched alkanes of at least 4 members (excludes halogenated alkanes) is 2.